The third-order valence-corrected chi connectivity index (χ3v) is 13.1. The molecule has 4 aliphatic rings. The van der Waals surface area contributed by atoms with Gasteiger partial charge < -0.3 is 13.9 Å². The van der Waals surface area contributed by atoms with Crippen LogP contribution >= 0.6 is 0 Å². The quantitative estimate of drug-likeness (QED) is 0.583. The monoisotopic (exact) mass is 380 g/mol. The average molecular weight is 381 g/mol. The molecule has 0 radical (unpaired) electrons. The highest BCUT2D eigenvalue weighted by Crippen LogP contribution is 2.68. The summed E-state index contributed by atoms with van der Waals surface area (Å²) in [7, 11) is -1.80. The van der Waals surface area contributed by atoms with E-state index in [1.54, 1.807) is 0 Å². The van der Waals surface area contributed by atoms with E-state index < -0.39 is 8.32 Å². The maximum atomic E-state index is 7.12. The minimum Gasteiger partial charge on any atom is -0.411 e. The summed E-state index contributed by atoms with van der Waals surface area (Å²) in [5.41, 5.74) is 0.141. The maximum Gasteiger partial charge on any atom is 0.192 e. The van der Waals surface area contributed by atoms with Gasteiger partial charge in [0.2, 0.25) is 0 Å². The summed E-state index contributed by atoms with van der Waals surface area (Å²) in [5.74, 6) is 2.40. The molecule has 0 aromatic heterocycles. The molecule has 3 saturated carbocycles. The lowest BCUT2D eigenvalue weighted by Gasteiger charge is -2.47. The van der Waals surface area contributed by atoms with Gasteiger partial charge in [0.25, 0.3) is 0 Å². The Balaban J connectivity index is 1.60. The molecule has 3 nitrogen and oxygen atoms in total. The van der Waals surface area contributed by atoms with E-state index in [4.69, 9.17) is 13.9 Å². The van der Waals surface area contributed by atoms with Crippen LogP contribution in [0.4, 0.5) is 0 Å². The molecule has 1 heterocycles. The second kappa shape index (κ2) is 5.58. The Kier molecular flexibility index (Phi) is 4.17. The molecule has 0 amide bonds. The van der Waals surface area contributed by atoms with E-state index in [1.165, 1.54) is 12.8 Å². The predicted molar refractivity (Wildman–Crippen MR) is 108 cm³/mol. The van der Waals surface area contributed by atoms with E-state index in [-0.39, 0.29) is 21.8 Å². The number of fused-ring (bicyclic) bond motifs is 1. The molecule has 4 fully saturated rings. The van der Waals surface area contributed by atoms with E-state index >= 15 is 0 Å². The fraction of sp³-hybridized carbons (Fsp3) is 1.00. The van der Waals surface area contributed by atoms with Gasteiger partial charge in [0.1, 0.15) is 0 Å². The molecule has 4 heteroatoms. The highest BCUT2D eigenvalue weighted by atomic mass is 28.4. The molecule has 0 N–H and O–H groups in total. The number of hydrogen-bond donors (Lipinski definition) is 0. The van der Waals surface area contributed by atoms with E-state index in [9.17, 15) is 0 Å². The van der Waals surface area contributed by atoms with Gasteiger partial charge in [-0.3, -0.25) is 0 Å². The van der Waals surface area contributed by atoms with E-state index in [1.807, 2.05) is 0 Å². The van der Waals surface area contributed by atoms with Gasteiger partial charge in [-0.1, -0.05) is 34.6 Å². The van der Waals surface area contributed by atoms with Crippen molar-refractivity contribution in [1.82, 2.24) is 0 Å². The fourth-order valence-corrected chi connectivity index (χ4v) is 7.97. The summed E-state index contributed by atoms with van der Waals surface area (Å²) in [4.78, 5) is 0. The molecule has 0 unspecified atom stereocenters. The highest BCUT2D eigenvalue weighted by Gasteiger charge is 2.69. The van der Waals surface area contributed by atoms with Crippen molar-refractivity contribution in [1.29, 1.82) is 0 Å². The molecule has 1 spiro atoms. The second-order valence-corrected chi connectivity index (χ2v) is 17.0. The third kappa shape index (κ3) is 2.77. The van der Waals surface area contributed by atoms with Gasteiger partial charge in [0, 0.05) is 17.8 Å². The van der Waals surface area contributed by atoms with Crippen molar-refractivity contribution in [3.05, 3.63) is 0 Å². The SMILES string of the molecule is CC1(C)COC2(C[C@H]3CC[C@@H]4[C@H]3[C@H]2C[C@@]4(C)O[Si](C)(C)C(C)(C)C)OC1. The van der Waals surface area contributed by atoms with Crippen LogP contribution in [0.5, 0.6) is 0 Å². The first-order chi connectivity index (χ1) is 11.8. The summed E-state index contributed by atoms with van der Waals surface area (Å²) in [6, 6.07) is 0. The van der Waals surface area contributed by atoms with E-state index in [0.29, 0.717) is 11.8 Å². The molecule has 1 aliphatic heterocycles. The third-order valence-electron chi connectivity index (χ3n) is 8.55. The van der Waals surface area contributed by atoms with E-state index in [0.717, 1.165) is 37.9 Å². The first-order valence-corrected chi connectivity index (χ1v) is 13.7. The zero-order chi connectivity index (χ0) is 19.2. The standard InChI is InChI=1S/C22H40O3Si/c1-19(2,3)26(7,8)25-21(6)12-17-18-15(9-10-16(18)21)11-22(17)23-13-20(4,5)14-24-22/h15-18H,9-14H2,1-8H3/t15-,16-,17-,18+,21-/m1/s1. The van der Waals surface area contributed by atoms with E-state index in [2.05, 4.69) is 54.6 Å². The van der Waals surface area contributed by atoms with Crippen LogP contribution in [-0.4, -0.2) is 32.9 Å². The summed E-state index contributed by atoms with van der Waals surface area (Å²) < 4.78 is 20.2. The van der Waals surface area contributed by atoms with Crippen LogP contribution in [0.2, 0.25) is 18.1 Å². The van der Waals surface area contributed by atoms with Gasteiger partial charge >= 0.3 is 0 Å². The zero-order valence-corrected chi connectivity index (χ0v) is 19.3. The molecule has 0 bridgehead atoms. The lowest BCUT2D eigenvalue weighted by molar-refractivity contribution is -0.317. The molecule has 4 rings (SSSR count). The first kappa shape index (κ1) is 19.4. The summed E-state index contributed by atoms with van der Waals surface area (Å²) in [5, 5.41) is 0.255. The zero-order valence-electron chi connectivity index (χ0n) is 18.3. The molecule has 3 aliphatic carbocycles. The molecule has 1 saturated heterocycles. The van der Waals surface area contributed by atoms with Crippen LogP contribution in [0.25, 0.3) is 0 Å². The van der Waals surface area contributed by atoms with Crippen LogP contribution < -0.4 is 0 Å². The lowest BCUT2D eigenvalue weighted by atomic mass is 9.88. The smallest absolute Gasteiger partial charge is 0.192 e. The Bertz CT molecular complexity index is 568. The van der Waals surface area contributed by atoms with Crippen molar-refractivity contribution in [2.75, 3.05) is 13.2 Å². The number of ether oxygens (including phenoxy) is 2. The van der Waals surface area contributed by atoms with Crippen LogP contribution in [-0.2, 0) is 13.9 Å². The van der Waals surface area contributed by atoms with Crippen molar-refractivity contribution in [2.45, 2.75) is 96.7 Å². The maximum absolute atomic E-state index is 7.12. The van der Waals surface area contributed by atoms with Crippen molar-refractivity contribution in [2.24, 2.45) is 29.1 Å². The van der Waals surface area contributed by atoms with Crippen LogP contribution in [0.1, 0.15) is 67.2 Å². The number of rotatable bonds is 2. The molecule has 5 atom stereocenters. The minimum atomic E-state index is -1.80. The van der Waals surface area contributed by atoms with Gasteiger partial charge in [0.05, 0.1) is 18.8 Å². The Morgan fingerprint density at radius 2 is 1.54 bits per heavy atom. The van der Waals surface area contributed by atoms with Crippen LogP contribution in [0, 0.1) is 29.1 Å². The average Bonchev–Trinajstić information content (AvgIpc) is 3.09. The molecule has 0 aromatic carbocycles. The highest BCUT2D eigenvalue weighted by molar-refractivity contribution is 6.74. The second-order valence-electron chi connectivity index (χ2n) is 12.3. The van der Waals surface area contributed by atoms with Crippen molar-refractivity contribution in [3.63, 3.8) is 0 Å². The van der Waals surface area contributed by atoms with Gasteiger partial charge in [-0.05, 0) is 62.1 Å². The van der Waals surface area contributed by atoms with Gasteiger partial charge in [0.15, 0.2) is 14.1 Å². The lowest BCUT2D eigenvalue weighted by Crippen LogP contribution is -2.52. The molecular weight excluding hydrogens is 340 g/mol. The molecular formula is C22H40O3Si. The van der Waals surface area contributed by atoms with Crippen molar-refractivity contribution in [3.8, 4) is 0 Å². The van der Waals surface area contributed by atoms with Gasteiger partial charge in [-0.2, -0.15) is 0 Å². The topological polar surface area (TPSA) is 27.7 Å². The van der Waals surface area contributed by atoms with Gasteiger partial charge in [-0.25, -0.2) is 0 Å². The molecule has 26 heavy (non-hydrogen) atoms. The van der Waals surface area contributed by atoms with Crippen LogP contribution in [0.15, 0.2) is 0 Å². The fourth-order valence-electron chi connectivity index (χ4n) is 6.26. The normalized spacial score (nSPS) is 43.8. The Morgan fingerprint density at radius 3 is 2.12 bits per heavy atom. The van der Waals surface area contributed by atoms with Gasteiger partial charge in [-0.15, -0.1) is 0 Å². The van der Waals surface area contributed by atoms with Crippen molar-refractivity contribution < 1.29 is 13.9 Å². The molecule has 150 valence electrons. The summed E-state index contributed by atoms with van der Waals surface area (Å²) >= 11 is 0. The Hall–Kier alpha value is 0.0969. The number of hydrogen-bond acceptors (Lipinski definition) is 3. The Morgan fingerprint density at radius 1 is 0.923 bits per heavy atom. The largest absolute Gasteiger partial charge is 0.411 e. The first-order valence-electron chi connectivity index (χ1n) is 10.8. The molecule has 0 aromatic rings. The predicted octanol–water partition coefficient (Wildman–Crippen LogP) is 5.60. The van der Waals surface area contributed by atoms with Crippen LogP contribution in [0.3, 0.4) is 0 Å². The van der Waals surface area contributed by atoms with Crippen molar-refractivity contribution >= 4 is 8.32 Å². The summed E-state index contributed by atoms with van der Waals surface area (Å²) in [6.07, 6.45) is 4.90. The Labute approximate surface area is 161 Å². The summed E-state index contributed by atoms with van der Waals surface area (Å²) in [6.45, 7) is 20.4. The minimum absolute atomic E-state index is 0.000189.